The molecule has 1 aliphatic rings. The number of fused-ring (bicyclic) bond motifs is 1. The van der Waals surface area contributed by atoms with Gasteiger partial charge in [-0.25, -0.2) is 0 Å². The fraction of sp³-hybridized carbons (Fsp3) is 0.138. The molecule has 3 aromatic carbocycles. The highest BCUT2D eigenvalue weighted by Gasteiger charge is 2.45. The maximum atomic E-state index is 13.8. The summed E-state index contributed by atoms with van der Waals surface area (Å²) in [5.74, 6) is -1.31. The molecule has 0 spiro atoms. The number of furan rings is 1. The predicted octanol–water partition coefficient (Wildman–Crippen LogP) is 5.16. The van der Waals surface area contributed by atoms with Crippen LogP contribution < -0.4 is 19.1 Å². The summed E-state index contributed by atoms with van der Waals surface area (Å²) in [4.78, 5) is 39.9. The van der Waals surface area contributed by atoms with E-state index in [0.717, 1.165) is 0 Å². The van der Waals surface area contributed by atoms with Crippen LogP contribution in [-0.2, 0) is 9.59 Å². The number of anilines is 1. The molecule has 5 rings (SSSR count). The van der Waals surface area contributed by atoms with Crippen molar-refractivity contribution in [3.8, 4) is 17.2 Å². The molecule has 0 bridgehead atoms. The zero-order valence-electron chi connectivity index (χ0n) is 20.8. The fourth-order valence-corrected chi connectivity index (χ4v) is 4.49. The second-order valence-corrected chi connectivity index (χ2v) is 8.52. The Morgan fingerprint density at radius 3 is 2.24 bits per heavy atom. The molecule has 1 amide bonds. The van der Waals surface area contributed by atoms with Gasteiger partial charge in [0.2, 0.25) is 5.78 Å². The molecule has 38 heavy (non-hydrogen) atoms. The van der Waals surface area contributed by atoms with E-state index < -0.39 is 29.5 Å². The third kappa shape index (κ3) is 4.24. The highest BCUT2D eigenvalue weighted by Crippen LogP contribution is 2.43. The average molecular weight is 514 g/mol. The van der Waals surface area contributed by atoms with Gasteiger partial charge in [-0.1, -0.05) is 24.3 Å². The second kappa shape index (κ2) is 9.78. The van der Waals surface area contributed by atoms with E-state index in [0.29, 0.717) is 39.5 Å². The third-order valence-electron chi connectivity index (χ3n) is 6.21. The molecule has 0 saturated heterocycles. The number of nitrogens with zero attached hydrogens (tertiary/aromatic N) is 1. The van der Waals surface area contributed by atoms with Gasteiger partial charge in [-0.3, -0.25) is 19.3 Å². The summed E-state index contributed by atoms with van der Waals surface area (Å²) in [5, 5.41) is 11.6. The highest BCUT2D eigenvalue weighted by molar-refractivity contribution is 6.20. The Morgan fingerprint density at radius 1 is 0.921 bits per heavy atom. The Labute approximate surface area is 217 Å². The zero-order valence-corrected chi connectivity index (χ0v) is 20.8. The Kier molecular flexibility index (Phi) is 6.34. The fourth-order valence-electron chi connectivity index (χ4n) is 4.49. The van der Waals surface area contributed by atoms with Crippen LogP contribution in [0, 0.1) is 0 Å². The second-order valence-electron chi connectivity index (χ2n) is 8.52. The first kappa shape index (κ1) is 24.6. The smallest absolute Gasteiger partial charge is 0.308 e. The topological polar surface area (TPSA) is 116 Å². The summed E-state index contributed by atoms with van der Waals surface area (Å²) in [6.45, 7) is 1.29. The molecule has 4 aromatic rings. The number of hydrogen-bond acceptors (Lipinski definition) is 8. The molecular weight excluding hydrogens is 490 g/mol. The summed E-state index contributed by atoms with van der Waals surface area (Å²) >= 11 is 0. The lowest BCUT2D eigenvalue weighted by Crippen LogP contribution is -2.31. The van der Waals surface area contributed by atoms with Gasteiger partial charge in [0.25, 0.3) is 5.91 Å². The van der Waals surface area contributed by atoms with Gasteiger partial charge in [-0.15, -0.1) is 0 Å². The van der Waals surface area contributed by atoms with Crippen molar-refractivity contribution in [3.05, 3.63) is 95.5 Å². The number of esters is 1. The highest BCUT2D eigenvalue weighted by atomic mass is 16.5. The van der Waals surface area contributed by atoms with Crippen LogP contribution >= 0.6 is 0 Å². The van der Waals surface area contributed by atoms with Gasteiger partial charge in [-0.2, -0.15) is 0 Å². The Balaban J connectivity index is 1.62. The zero-order chi connectivity index (χ0) is 27.0. The molecule has 1 aromatic heterocycles. The maximum Gasteiger partial charge on any atom is 0.308 e. The molecule has 0 fully saturated rings. The van der Waals surface area contributed by atoms with Gasteiger partial charge >= 0.3 is 5.97 Å². The standard InChI is InChI=1S/C29H23NO8/c1-16(31)37-21-11-7-17(8-12-21)25-24(26(32)23-15-18-5-4-6-22(36-3)28(18)38-23)27(33)29(34)30(25)19-9-13-20(35-2)14-10-19/h4-15,25,33H,1-3H3. The van der Waals surface area contributed by atoms with E-state index in [1.165, 1.54) is 26.0 Å². The number of carbonyl (C=O) groups excluding carboxylic acids is 3. The first-order valence-corrected chi connectivity index (χ1v) is 11.6. The number of methoxy groups -OCH3 is 2. The molecule has 9 nitrogen and oxygen atoms in total. The normalized spacial score (nSPS) is 15.2. The van der Waals surface area contributed by atoms with E-state index in [2.05, 4.69) is 0 Å². The van der Waals surface area contributed by atoms with Crippen molar-refractivity contribution in [1.82, 2.24) is 0 Å². The minimum absolute atomic E-state index is 0.0584. The van der Waals surface area contributed by atoms with Crippen LogP contribution in [0.4, 0.5) is 5.69 Å². The monoisotopic (exact) mass is 513 g/mol. The molecule has 0 saturated carbocycles. The molecule has 192 valence electrons. The third-order valence-corrected chi connectivity index (χ3v) is 6.21. The number of carbonyl (C=O) groups is 3. The molecule has 1 unspecified atom stereocenters. The summed E-state index contributed by atoms with van der Waals surface area (Å²) < 4.78 is 21.5. The number of benzene rings is 3. The number of ketones is 1. The van der Waals surface area contributed by atoms with Crippen molar-refractivity contribution in [1.29, 1.82) is 0 Å². The van der Waals surface area contributed by atoms with E-state index in [-0.39, 0.29) is 11.3 Å². The minimum atomic E-state index is -0.995. The number of para-hydroxylation sites is 1. The Bertz CT molecular complexity index is 1580. The van der Waals surface area contributed by atoms with Crippen molar-refractivity contribution in [3.63, 3.8) is 0 Å². The van der Waals surface area contributed by atoms with Gasteiger partial charge in [0.05, 0.1) is 25.8 Å². The van der Waals surface area contributed by atoms with Gasteiger partial charge in [-0.05, 0) is 54.1 Å². The molecule has 9 heteroatoms. The first-order chi connectivity index (χ1) is 18.3. The maximum absolute atomic E-state index is 13.8. The number of amides is 1. The molecule has 2 heterocycles. The quantitative estimate of drug-likeness (QED) is 0.205. The largest absolute Gasteiger partial charge is 0.503 e. The van der Waals surface area contributed by atoms with Crippen molar-refractivity contribution in [2.75, 3.05) is 19.1 Å². The minimum Gasteiger partial charge on any atom is -0.503 e. The molecule has 1 aliphatic heterocycles. The molecule has 0 radical (unpaired) electrons. The summed E-state index contributed by atoms with van der Waals surface area (Å²) in [5.41, 5.74) is 1.16. The van der Waals surface area contributed by atoms with Crippen LogP contribution in [0.3, 0.4) is 0 Å². The molecular formula is C29H23NO8. The molecule has 0 aliphatic carbocycles. The Morgan fingerprint density at radius 2 is 1.61 bits per heavy atom. The van der Waals surface area contributed by atoms with Crippen LogP contribution in [0.5, 0.6) is 17.2 Å². The van der Waals surface area contributed by atoms with Crippen LogP contribution in [0.1, 0.15) is 29.1 Å². The number of Topliss-reactive ketones (excluding diaryl/α,β-unsaturated/α-hetero) is 1. The van der Waals surface area contributed by atoms with E-state index in [1.807, 2.05) is 0 Å². The predicted molar refractivity (Wildman–Crippen MR) is 138 cm³/mol. The van der Waals surface area contributed by atoms with Crippen LogP contribution in [0.2, 0.25) is 0 Å². The van der Waals surface area contributed by atoms with Gasteiger partial charge in [0, 0.05) is 18.0 Å². The summed E-state index contributed by atoms with van der Waals surface area (Å²) in [6.07, 6.45) is 0. The van der Waals surface area contributed by atoms with Crippen molar-refractivity contribution in [2.45, 2.75) is 13.0 Å². The lowest BCUT2D eigenvalue weighted by molar-refractivity contribution is -0.131. The molecule has 1 N–H and O–H groups in total. The van der Waals surface area contributed by atoms with Crippen LogP contribution in [-0.4, -0.2) is 37.0 Å². The van der Waals surface area contributed by atoms with Gasteiger partial charge < -0.3 is 23.7 Å². The number of rotatable bonds is 7. The van der Waals surface area contributed by atoms with Crippen molar-refractivity contribution < 1.29 is 38.1 Å². The van der Waals surface area contributed by atoms with E-state index in [9.17, 15) is 19.5 Å². The SMILES string of the molecule is COc1ccc(N2C(=O)C(O)=C(C(=O)c3cc4cccc(OC)c4o3)C2c2ccc(OC(C)=O)cc2)cc1. The van der Waals surface area contributed by atoms with Crippen molar-refractivity contribution in [2.24, 2.45) is 0 Å². The number of ether oxygens (including phenoxy) is 3. The lowest BCUT2D eigenvalue weighted by atomic mass is 9.94. The summed E-state index contributed by atoms with van der Waals surface area (Å²) in [7, 11) is 3.01. The lowest BCUT2D eigenvalue weighted by Gasteiger charge is -2.27. The van der Waals surface area contributed by atoms with E-state index in [1.54, 1.807) is 72.8 Å². The van der Waals surface area contributed by atoms with Crippen LogP contribution in [0.15, 0.2) is 88.5 Å². The number of aliphatic hydroxyl groups is 1. The summed E-state index contributed by atoms with van der Waals surface area (Å²) in [6, 6.07) is 18.8. The van der Waals surface area contributed by atoms with E-state index >= 15 is 0 Å². The van der Waals surface area contributed by atoms with Gasteiger partial charge in [0.15, 0.2) is 22.9 Å². The van der Waals surface area contributed by atoms with E-state index in [4.69, 9.17) is 18.6 Å². The Hall–Kier alpha value is -5.05. The van der Waals surface area contributed by atoms with Crippen LogP contribution in [0.25, 0.3) is 11.0 Å². The van der Waals surface area contributed by atoms with Gasteiger partial charge in [0.1, 0.15) is 11.5 Å². The first-order valence-electron chi connectivity index (χ1n) is 11.6. The number of hydrogen-bond donors (Lipinski definition) is 1. The number of aliphatic hydroxyl groups excluding tert-OH is 1. The van der Waals surface area contributed by atoms with Crippen molar-refractivity contribution >= 4 is 34.3 Å². The molecule has 1 atom stereocenters. The average Bonchev–Trinajstić information content (AvgIpc) is 3.47.